The normalized spacial score (nSPS) is 40.0. The van der Waals surface area contributed by atoms with E-state index in [1.54, 1.807) is 0 Å². The fraction of sp³-hybridized carbons (Fsp3) is 0.750. The Kier molecular flexibility index (Phi) is 2.62. The van der Waals surface area contributed by atoms with E-state index in [1.807, 2.05) is 13.0 Å². The second-order valence-electron chi connectivity index (χ2n) is 7.52. The number of hydrogen-bond donors (Lipinski definition) is 2. The van der Waals surface area contributed by atoms with Crippen molar-refractivity contribution in [3.05, 3.63) is 27.7 Å². The molecule has 0 saturated heterocycles. The maximum absolute atomic E-state index is 11.8. The van der Waals surface area contributed by atoms with Crippen LogP contribution in [0.5, 0.6) is 0 Å². The predicted octanol–water partition coefficient (Wildman–Crippen LogP) is 2.26. The maximum Gasteiger partial charge on any atom is 0.268 e. The number of rotatable bonds is 2. The van der Waals surface area contributed by atoms with Crippen LogP contribution < -0.4 is 11.3 Å². The van der Waals surface area contributed by atoms with Crippen molar-refractivity contribution in [2.75, 3.05) is 0 Å². The molecule has 0 aromatic carbocycles. The molecular formula is C16H23N3O. The number of hydrogen-bond acceptors (Lipinski definition) is 3. The summed E-state index contributed by atoms with van der Waals surface area (Å²) in [6.45, 7) is 1.87. The Balaban J connectivity index is 1.77. The molecular weight excluding hydrogens is 250 g/mol. The standard InChI is InChI=1S/C16H23N3O/c1-9(17)13-5-14(18-19-15(13)20)16-6-10-2-11(7-16)4-12(3-10)8-16/h5,9-12H,2-4,6-8,17H2,1H3,(H,19,20). The molecule has 0 spiro atoms. The molecule has 4 fully saturated rings. The number of aromatic amines is 1. The van der Waals surface area contributed by atoms with Crippen molar-refractivity contribution >= 4 is 0 Å². The topological polar surface area (TPSA) is 71.8 Å². The van der Waals surface area contributed by atoms with E-state index >= 15 is 0 Å². The molecule has 1 heterocycles. The van der Waals surface area contributed by atoms with Gasteiger partial charge in [-0.3, -0.25) is 4.79 Å². The van der Waals surface area contributed by atoms with E-state index < -0.39 is 0 Å². The quantitative estimate of drug-likeness (QED) is 0.868. The Labute approximate surface area is 119 Å². The van der Waals surface area contributed by atoms with Gasteiger partial charge in [0.15, 0.2) is 0 Å². The zero-order valence-corrected chi connectivity index (χ0v) is 12.1. The highest BCUT2D eigenvalue weighted by atomic mass is 16.1. The average molecular weight is 273 g/mol. The van der Waals surface area contributed by atoms with Crippen molar-refractivity contribution in [3.63, 3.8) is 0 Å². The molecule has 108 valence electrons. The molecule has 1 aromatic rings. The number of nitrogens with one attached hydrogen (secondary N) is 1. The van der Waals surface area contributed by atoms with Gasteiger partial charge in [0, 0.05) is 17.0 Å². The Bertz CT molecular complexity index is 554. The summed E-state index contributed by atoms with van der Waals surface area (Å²) >= 11 is 0. The van der Waals surface area contributed by atoms with Crippen LogP contribution in [-0.4, -0.2) is 10.2 Å². The lowest BCUT2D eigenvalue weighted by molar-refractivity contribution is -0.00768. The van der Waals surface area contributed by atoms with Crippen molar-refractivity contribution in [2.24, 2.45) is 23.5 Å². The summed E-state index contributed by atoms with van der Waals surface area (Å²) in [5.74, 6) is 2.65. The highest BCUT2D eigenvalue weighted by molar-refractivity contribution is 5.26. The molecule has 0 aliphatic heterocycles. The van der Waals surface area contributed by atoms with Gasteiger partial charge < -0.3 is 5.73 Å². The van der Waals surface area contributed by atoms with Gasteiger partial charge in [-0.05, 0) is 69.3 Å². The molecule has 4 aliphatic rings. The summed E-state index contributed by atoms with van der Waals surface area (Å²) in [4.78, 5) is 11.8. The molecule has 20 heavy (non-hydrogen) atoms. The molecule has 0 amide bonds. The number of nitrogens with two attached hydrogens (primary N) is 1. The molecule has 4 heteroatoms. The third-order valence-corrected chi connectivity index (χ3v) is 5.90. The first kappa shape index (κ1) is 12.6. The van der Waals surface area contributed by atoms with Gasteiger partial charge in [0.25, 0.3) is 5.56 Å². The Morgan fingerprint density at radius 1 is 1.25 bits per heavy atom. The SMILES string of the molecule is CC(N)c1cc(C23CC4CC(CC(C4)C2)C3)n[nH]c1=O. The van der Waals surface area contributed by atoms with Gasteiger partial charge in [0.05, 0.1) is 5.69 Å². The van der Waals surface area contributed by atoms with Crippen LogP contribution in [0.1, 0.15) is 62.7 Å². The van der Waals surface area contributed by atoms with Crippen LogP contribution in [-0.2, 0) is 5.41 Å². The Hall–Kier alpha value is -1.16. The Morgan fingerprint density at radius 2 is 1.80 bits per heavy atom. The first-order valence-electron chi connectivity index (χ1n) is 7.91. The van der Waals surface area contributed by atoms with Gasteiger partial charge in [0.1, 0.15) is 0 Å². The lowest BCUT2D eigenvalue weighted by Gasteiger charge is -2.56. The van der Waals surface area contributed by atoms with Crippen LogP contribution in [0.4, 0.5) is 0 Å². The smallest absolute Gasteiger partial charge is 0.268 e. The molecule has 4 nitrogen and oxygen atoms in total. The number of nitrogens with zero attached hydrogens (tertiary/aromatic N) is 1. The summed E-state index contributed by atoms with van der Waals surface area (Å²) < 4.78 is 0. The molecule has 5 rings (SSSR count). The molecule has 1 atom stereocenters. The van der Waals surface area contributed by atoms with Crippen molar-refractivity contribution < 1.29 is 0 Å². The highest BCUT2D eigenvalue weighted by Gasteiger charge is 2.52. The van der Waals surface area contributed by atoms with Gasteiger partial charge >= 0.3 is 0 Å². The summed E-state index contributed by atoms with van der Waals surface area (Å²) in [5.41, 5.74) is 7.81. The van der Waals surface area contributed by atoms with Crippen LogP contribution in [0, 0.1) is 17.8 Å². The van der Waals surface area contributed by atoms with Crippen LogP contribution in [0.15, 0.2) is 10.9 Å². The fourth-order valence-electron chi connectivity index (χ4n) is 5.45. The molecule has 0 radical (unpaired) electrons. The van der Waals surface area contributed by atoms with E-state index in [1.165, 1.54) is 38.5 Å². The van der Waals surface area contributed by atoms with E-state index in [2.05, 4.69) is 10.2 Å². The third kappa shape index (κ3) is 1.77. The maximum atomic E-state index is 11.8. The van der Waals surface area contributed by atoms with E-state index in [-0.39, 0.29) is 17.0 Å². The lowest BCUT2D eigenvalue weighted by atomic mass is 9.49. The van der Waals surface area contributed by atoms with Gasteiger partial charge in [0.2, 0.25) is 0 Å². The van der Waals surface area contributed by atoms with Gasteiger partial charge in [-0.15, -0.1) is 0 Å². The predicted molar refractivity (Wildman–Crippen MR) is 77.3 cm³/mol. The zero-order valence-electron chi connectivity index (χ0n) is 12.1. The summed E-state index contributed by atoms with van der Waals surface area (Å²) in [6, 6.07) is 1.77. The van der Waals surface area contributed by atoms with E-state index in [9.17, 15) is 4.79 Å². The monoisotopic (exact) mass is 273 g/mol. The molecule has 4 saturated carbocycles. The molecule has 3 N–H and O–H groups in total. The fourth-order valence-corrected chi connectivity index (χ4v) is 5.45. The molecule has 4 aliphatic carbocycles. The second kappa shape index (κ2) is 4.17. The van der Waals surface area contributed by atoms with E-state index in [0.29, 0.717) is 5.56 Å². The van der Waals surface area contributed by atoms with Crippen LogP contribution in [0.25, 0.3) is 0 Å². The summed E-state index contributed by atoms with van der Waals surface area (Å²) in [7, 11) is 0. The van der Waals surface area contributed by atoms with Crippen LogP contribution >= 0.6 is 0 Å². The minimum atomic E-state index is -0.227. The van der Waals surface area contributed by atoms with Crippen molar-refractivity contribution in [1.29, 1.82) is 0 Å². The average Bonchev–Trinajstić information content (AvgIpc) is 2.37. The van der Waals surface area contributed by atoms with E-state index in [0.717, 1.165) is 23.4 Å². The van der Waals surface area contributed by atoms with Gasteiger partial charge in [-0.2, -0.15) is 5.10 Å². The number of H-pyrrole nitrogens is 1. The molecule has 1 unspecified atom stereocenters. The van der Waals surface area contributed by atoms with E-state index in [4.69, 9.17) is 5.73 Å². The highest BCUT2D eigenvalue weighted by Crippen LogP contribution is 2.60. The molecule has 1 aromatic heterocycles. The van der Waals surface area contributed by atoms with Crippen molar-refractivity contribution in [2.45, 2.75) is 56.9 Å². The first-order chi connectivity index (χ1) is 9.56. The zero-order chi connectivity index (χ0) is 13.9. The first-order valence-corrected chi connectivity index (χ1v) is 7.91. The van der Waals surface area contributed by atoms with Crippen LogP contribution in [0.3, 0.4) is 0 Å². The Morgan fingerprint density at radius 3 is 2.30 bits per heavy atom. The van der Waals surface area contributed by atoms with Gasteiger partial charge in [-0.1, -0.05) is 0 Å². The third-order valence-electron chi connectivity index (χ3n) is 5.90. The number of aromatic nitrogens is 2. The van der Waals surface area contributed by atoms with Gasteiger partial charge in [-0.25, -0.2) is 5.10 Å². The van der Waals surface area contributed by atoms with Crippen LogP contribution in [0.2, 0.25) is 0 Å². The summed E-state index contributed by atoms with van der Waals surface area (Å²) in [5, 5.41) is 7.11. The minimum absolute atomic E-state index is 0.131. The van der Waals surface area contributed by atoms with Crippen molar-refractivity contribution in [3.8, 4) is 0 Å². The molecule has 4 bridgehead atoms. The van der Waals surface area contributed by atoms with Crippen molar-refractivity contribution in [1.82, 2.24) is 10.2 Å². The largest absolute Gasteiger partial charge is 0.324 e. The lowest BCUT2D eigenvalue weighted by Crippen LogP contribution is -2.49. The second-order valence-corrected chi connectivity index (χ2v) is 7.52. The minimum Gasteiger partial charge on any atom is -0.324 e. The summed E-state index contributed by atoms with van der Waals surface area (Å²) in [6.07, 6.45) is 8.04.